The second-order valence-electron chi connectivity index (χ2n) is 4.97. The first-order valence-corrected chi connectivity index (χ1v) is 7.01. The molecule has 3 rings (SSSR count). The van der Waals surface area contributed by atoms with Gasteiger partial charge in [-0.15, -0.1) is 0 Å². The molecule has 1 aliphatic carbocycles. The molecular formula is C13H14ClFN2S. The number of halogens is 2. The van der Waals surface area contributed by atoms with Crippen LogP contribution in [0, 0.1) is 16.5 Å². The predicted molar refractivity (Wildman–Crippen MR) is 74.0 cm³/mol. The number of nitrogens with one attached hydrogen (secondary N) is 1. The van der Waals surface area contributed by atoms with Gasteiger partial charge in [0, 0.05) is 12.6 Å². The Kier molecular flexibility index (Phi) is 3.16. The number of H-pyrrole nitrogens is 1. The second kappa shape index (κ2) is 4.67. The first kappa shape index (κ1) is 12.2. The van der Waals surface area contributed by atoms with Crippen LogP contribution in [0.3, 0.4) is 0 Å². The molecule has 1 N–H and O–H groups in total. The number of aromatic amines is 1. The minimum Gasteiger partial charge on any atom is -0.330 e. The minimum atomic E-state index is -0.409. The van der Waals surface area contributed by atoms with Crippen LogP contribution < -0.4 is 0 Å². The number of fused-ring (bicyclic) bond motifs is 1. The molecule has 1 fully saturated rings. The van der Waals surface area contributed by atoms with Gasteiger partial charge in [-0.1, -0.05) is 24.4 Å². The summed E-state index contributed by atoms with van der Waals surface area (Å²) in [4.78, 5) is 3.05. The molecule has 5 heteroatoms. The summed E-state index contributed by atoms with van der Waals surface area (Å²) in [7, 11) is 0. The van der Waals surface area contributed by atoms with Gasteiger partial charge in [0.05, 0.1) is 16.1 Å². The fourth-order valence-corrected chi connectivity index (χ4v) is 3.22. The molecule has 0 unspecified atom stereocenters. The zero-order chi connectivity index (χ0) is 12.7. The van der Waals surface area contributed by atoms with Crippen molar-refractivity contribution in [1.82, 2.24) is 9.55 Å². The maximum atomic E-state index is 13.4. The van der Waals surface area contributed by atoms with E-state index in [0.717, 1.165) is 17.6 Å². The number of nitrogens with zero attached hydrogens (tertiary/aromatic N) is 1. The van der Waals surface area contributed by atoms with Crippen LogP contribution in [0.25, 0.3) is 11.0 Å². The molecule has 0 spiro atoms. The van der Waals surface area contributed by atoms with Crippen LogP contribution in [-0.4, -0.2) is 9.55 Å². The molecule has 0 amide bonds. The van der Waals surface area contributed by atoms with E-state index in [1.165, 1.54) is 31.7 Å². The third-order valence-electron chi connectivity index (χ3n) is 3.73. The highest BCUT2D eigenvalue weighted by Gasteiger charge is 2.17. The Hall–Kier alpha value is -0.870. The highest BCUT2D eigenvalue weighted by Crippen LogP contribution is 2.29. The van der Waals surface area contributed by atoms with Crippen LogP contribution in [-0.2, 0) is 6.54 Å². The van der Waals surface area contributed by atoms with Crippen molar-refractivity contribution >= 4 is 34.9 Å². The summed E-state index contributed by atoms with van der Waals surface area (Å²) in [5.74, 6) is 0.271. The van der Waals surface area contributed by atoms with Crippen molar-refractivity contribution in [1.29, 1.82) is 0 Å². The van der Waals surface area contributed by atoms with Gasteiger partial charge in [-0.05, 0) is 37.0 Å². The molecule has 1 heterocycles. The van der Waals surface area contributed by atoms with Crippen LogP contribution in [0.1, 0.15) is 25.7 Å². The third kappa shape index (κ3) is 2.08. The number of rotatable bonds is 2. The zero-order valence-electron chi connectivity index (χ0n) is 9.88. The zero-order valence-corrected chi connectivity index (χ0v) is 11.5. The largest absolute Gasteiger partial charge is 0.330 e. The van der Waals surface area contributed by atoms with E-state index in [1.54, 1.807) is 6.07 Å². The Balaban J connectivity index is 2.07. The topological polar surface area (TPSA) is 20.7 Å². The molecule has 1 saturated carbocycles. The summed E-state index contributed by atoms with van der Waals surface area (Å²) >= 11 is 11.2. The molecule has 1 aromatic heterocycles. The lowest BCUT2D eigenvalue weighted by Crippen LogP contribution is -2.07. The van der Waals surface area contributed by atoms with Crippen molar-refractivity contribution in [3.63, 3.8) is 0 Å². The summed E-state index contributed by atoms with van der Waals surface area (Å²) < 4.78 is 16.1. The van der Waals surface area contributed by atoms with E-state index in [1.807, 2.05) is 4.57 Å². The number of benzene rings is 1. The predicted octanol–water partition coefficient (Wildman–Crippen LogP) is 4.68. The van der Waals surface area contributed by atoms with Crippen LogP contribution in [0.4, 0.5) is 4.39 Å². The molecule has 2 nitrogen and oxygen atoms in total. The molecule has 0 radical (unpaired) electrons. The fraction of sp³-hybridized carbons (Fsp3) is 0.462. The quantitative estimate of drug-likeness (QED) is 0.794. The third-order valence-corrected chi connectivity index (χ3v) is 4.34. The van der Waals surface area contributed by atoms with Gasteiger partial charge in [-0.25, -0.2) is 4.39 Å². The Morgan fingerprint density at radius 3 is 2.83 bits per heavy atom. The van der Waals surface area contributed by atoms with Crippen LogP contribution >= 0.6 is 23.8 Å². The Morgan fingerprint density at radius 1 is 1.39 bits per heavy atom. The maximum Gasteiger partial charge on any atom is 0.178 e. The van der Waals surface area contributed by atoms with E-state index < -0.39 is 5.82 Å². The number of hydrogen-bond donors (Lipinski definition) is 1. The average molecular weight is 285 g/mol. The Morgan fingerprint density at radius 2 is 2.11 bits per heavy atom. The monoisotopic (exact) mass is 284 g/mol. The smallest absolute Gasteiger partial charge is 0.178 e. The maximum absolute atomic E-state index is 13.4. The summed E-state index contributed by atoms with van der Waals surface area (Å²) in [5, 5.41) is 0.150. The molecule has 2 aromatic rings. The fourth-order valence-electron chi connectivity index (χ4n) is 2.78. The van der Waals surface area contributed by atoms with E-state index in [9.17, 15) is 4.39 Å². The highest BCUT2D eigenvalue weighted by atomic mass is 35.5. The van der Waals surface area contributed by atoms with E-state index >= 15 is 0 Å². The Bertz CT molecular complexity index is 640. The van der Waals surface area contributed by atoms with Crippen molar-refractivity contribution in [3.8, 4) is 0 Å². The minimum absolute atomic E-state index is 0.150. The number of hydrogen-bond acceptors (Lipinski definition) is 1. The lowest BCUT2D eigenvalue weighted by Gasteiger charge is -2.11. The molecule has 0 saturated heterocycles. The van der Waals surface area contributed by atoms with Crippen molar-refractivity contribution in [2.75, 3.05) is 0 Å². The first-order chi connectivity index (χ1) is 8.65. The standard InChI is InChI=1S/C13H14ClFN2S/c14-9-5-12-11(6-10(9)15)16-13(18)17(12)7-8-3-1-2-4-8/h5-6,8H,1-4,7H2,(H,16,18). The summed E-state index contributed by atoms with van der Waals surface area (Å²) in [6.45, 7) is 0.904. The van der Waals surface area contributed by atoms with E-state index in [4.69, 9.17) is 23.8 Å². The van der Waals surface area contributed by atoms with Crippen molar-refractivity contribution in [3.05, 3.63) is 27.7 Å². The van der Waals surface area contributed by atoms with Gasteiger partial charge in [0.2, 0.25) is 0 Å². The van der Waals surface area contributed by atoms with Gasteiger partial charge in [0.1, 0.15) is 5.82 Å². The molecule has 0 atom stereocenters. The van der Waals surface area contributed by atoms with Crippen molar-refractivity contribution < 1.29 is 4.39 Å². The molecule has 18 heavy (non-hydrogen) atoms. The highest BCUT2D eigenvalue weighted by molar-refractivity contribution is 7.71. The van der Waals surface area contributed by atoms with Gasteiger partial charge < -0.3 is 9.55 Å². The van der Waals surface area contributed by atoms with E-state index in [2.05, 4.69) is 4.98 Å². The number of aromatic nitrogens is 2. The van der Waals surface area contributed by atoms with Crippen molar-refractivity contribution in [2.45, 2.75) is 32.2 Å². The Labute approximate surface area is 115 Å². The van der Waals surface area contributed by atoms with E-state index in [-0.39, 0.29) is 5.02 Å². The number of imidazole rings is 1. The first-order valence-electron chi connectivity index (χ1n) is 6.22. The summed E-state index contributed by atoms with van der Waals surface area (Å²) in [6, 6.07) is 3.08. The molecule has 1 aromatic carbocycles. The van der Waals surface area contributed by atoms with Gasteiger partial charge in [0.15, 0.2) is 4.77 Å². The van der Waals surface area contributed by atoms with Crippen LogP contribution in [0.2, 0.25) is 5.02 Å². The van der Waals surface area contributed by atoms with Gasteiger partial charge in [-0.2, -0.15) is 0 Å². The molecule has 96 valence electrons. The average Bonchev–Trinajstić information content (AvgIpc) is 2.92. The van der Waals surface area contributed by atoms with Crippen LogP contribution in [0.15, 0.2) is 12.1 Å². The van der Waals surface area contributed by atoms with Gasteiger partial charge in [-0.3, -0.25) is 0 Å². The SMILES string of the molecule is Fc1cc2[nH]c(=S)n(CC3CCCC3)c2cc1Cl. The lowest BCUT2D eigenvalue weighted by atomic mass is 10.1. The van der Waals surface area contributed by atoms with Gasteiger partial charge >= 0.3 is 0 Å². The molecule has 0 aliphatic heterocycles. The lowest BCUT2D eigenvalue weighted by molar-refractivity contribution is 0.461. The normalized spacial score (nSPS) is 16.8. The van der Waals surface area contributed by atoms with E-state index in [0.29, 0.717) is 10.7 Å². The van der Waals surface area contributed by atoms with Crippen molar-refractivity contribution in [2.24, 2.45) is 5.92 Å². The molecule has 0 bridgehead atoms. The van der Waals surface area contributed by atoms with Crippen LogP contribution in [0.5, 0.6) is 0 Å². The summed E-state index contributed by atoms with van der Waals surface area (Å²) in [6.07, 6.45) is 5.11. The molecule has 1 aliphatic rings. The summed E-state index contributed by atoms with van der Waals surface area (Å²) in [5.41, 5.74) is 1.62. The molecular weight excluding hydrogens is 271 g/mol. The van der Waals surface area contributed by atoms with Gasteiger partial charge in [0.25, 0.3) is 0 Å². The second-order valence-corrected chi connectivity index (χ2v) is 5.77.